The van der Waals surface area contributed by atoms with Crippen LogP contribution < -0.4 is 4.74 Å². The van der Waals surface area contributed by atoms with Gasteiger partial charge in [-0.25, -0.2) is 0 Å². The van der Waals surface area contributed by atoms with E-state index in [1.807, 2.05) is 25.1 Å². The molecule has 0 aromatic heterocycles. The Balaban J connectivity index is 1.73. The van der Waals surface area contributed by atoms with Crippen molar-refractivity contribution in [1.29, 1.82) is 0 Å². The Morgan fingerprint density at radius 1 is 1.16 bits per heavy atom. The Labute approximate surface area is 207 Å². The molecule has 6 nitrogen and oxygen atoms in total. The summed E-state index contributed by atoms with van der Waals surface area (Å²) in [6, 6.07) is 11.7. The molecule has 2 amide bonds. The van der Waals surface area contributed by atoms with Crippen LogP contribution in [-0.2, 0) is 20.9 Å². The summed E-state index contributed by atoms with van der Waals surface area (Å²) in [4.78, 5) is 37.8. The van der Waals surface area contributed by atoms with E-state index in [2.05, 4.69) is 37.9 Å². The SMILES string of the molecule is Cc1cccc(COc2c(Br)cc(/C=C3/SC(=O)N(CC(=O)OC(C)C)C3=O)cc2Br)c1. The minimum atomic E-state index is -0.621. The normalized spacial score (nSPS) is 15.1. The van der Waals surface area contributed by atoms with Crippen molar-refractivity contribution in [1.82, 2.24) is 4.90 Å². The van der Waals surface area contributed by atoms with E-state index in [4.69, 9.17) is 9.47 Å². The highest BCUT2D eigenvalue weighted by molar-refractivity contribution is 9.11. The van der Waals surface area contributed by atoms with Gasteiger partial charge >= 0.3 is 5.97 Å². The number of rotatable bonds is 7. The van der Waals surface area contributed by atoms with Crippen LogP contribution in [0, 0.1) is 6.92 Å². The van der Waals surface area contributed by atoms with Gasteiger partial charge in [0.05, 0.1) is 20.0 Å². The molecule has 1 aliphatic heterocycles. The predicted molar refractivity (Wildman–Crippen MR) is 131 cm³/mol. The summed E-state index contributed by atoms with van der Waals surface area (Å²) >= 11 is 7.82. The molecule has 0 bridgehead atoms. The molecule has 1 fully saturated rings. The number of carbonyl (C=O) groups excluding carboxylic acids is 3. The topological polar surface area (TPSA) is 72.9 Å². The highest BCUT2D eigenvalue weighted by Gasteiger charge is 2.36. The van der Waals surface area contributed by atoms with Gasteiger partial charge in [-0.2, -0.15) is 0 Å². The molecule has 0 aliphatic carbocycles. The maximum Gasteiger partial charge on any atom is 0.326 e. The van der Waals surface area contributed by atoms with Gasteiger partial charge in [-0.15, -0.1) is 0 Å². The standard InChI is InChI=1S/C23H21Br2NO5S/c1-13(2)31-20(27)11-26-22(28)19(32-23(26)29)10-16-8-17(24)21(18(25)9-16)30-12-15-6-4-5-14(3)7-15/h4-10,13H,11-12H2,1-3H3/b19-10+. The predicted octanol–water partition coefficient (Wildman–Crippen LogP) is 6.09. The molecule has 168 valence electrons. The van der Waals surface area contributed by atoms with E-state index in [9.17, 15) is 14.4 Å². The largest absolute Gasteiger partial charge is 0.487 e. The third kappa shape index (κ3) is 6.24. The van der Waals surface area contributed by atoms with Gasteiger partial charge < -0.3 is 9.47 Å². The van der Waals surface area contributed by atoms with Crippen LogP contribution in [0.1, 0.15) is 30.5 Å². The number of esters is 1. The number of hydrogen-bond acceptors (Lipinski definition) is 6. The van der Waals surface area contributed by atoms with Crippen LogP contribution in [0.5, 0.6) is 5.75 Å². The number of hydrogen-bond donors (Lipinski definition) is 0. The van der Waals surface area contributed by atoms with E-state index >= 15 is 0 Å². The van der Waals surface area contributed by atoms with Gasteiger partial charge in [0.2, 0.25) is 0 Å². The number of benzene rings is 2. The van der Waals surface area contributed by atoms with Crippen molar-refractivity contribution in [3.8, 4) is 5.75 Å². The van der Waals surface area contributed by atoms with E-state index in [0.717, 1.165) is 27.8 Å². The first-order chi connectivity index (χ1) is 15.1. The van der Waals surface area contributed by atoms with Crippen LogP contribution >= 0.6 is 43.6 Å². The number of halogens is 2. The molecule has 0 unspecified atom stereocenters. The molecule has 2 aromatic rings. The number of nitrogens with zero attached hydrogens (tertiary/aromatic N) is 1. The fourth-order valence-electron chi connectivity index (χ4n) is 2.98. The summed E-state index contributed by atoms with van der Waals surface area (Å²) < 4.78 is 12.4. The Morgan fingerprint density at radius 3 is 2.47 bits per heavy atom. The monoisotopic (exact) mass is 581 g/mol. The van der Waals surface area contributed by atoms with Gasteiger partial charge in [0.15, 0.2) is 0 Å². The van der Waals surface area contributed by atoms with Crippen molar-refractivity contribution in [2.75, 3.05) is 6.54 Å². The maximum atomic E-state index is 12.6. The Hall–Kier alpha value is -2.10. The highest BCUT2D eigenvalue weighted by atomic mass is 79.9. The van der Waals surface area contributed by atoms with Gasteiger partial charge in [-0.05, 0) is 93.7 Å². The van der Waals surface area contributed by atoms with Crippen molar-refractivity contribution in [3.63, 3.8) is 0 Å². The summed E-state index contributed by atoms with van der Waals surface area (Å²) in [5.74, 6) is -0.509. The molecule has 0 spiro atoms. The lowest BCUT2D eigenvalue weighted by atomic mass is 10.1. The van der Waals surface area contributed by atoms with E-state index in [0.29, 0.717) is 26.9 Å². The average molecular weight is 583 g/mol. The highest BCUT2D eigenvalue weighted by Crippen LogP contribution is 2.38. The molecule has 32 heavy (non-hydrogen) atoms. The molecule has 0 atom stereocenters. The molecule has 0 saturated carbocycles. The summed E-state index contributed by atoms with van der Waals surface area (Å²) in [7, 11) is 0. The van der Waals surface area contributed by atoms with Crippen LogP contribution in [0.4, 0.5) is 4.79 Å². The zero-order valence-corrected chi connectivity index (χ0v) is 21.7. The van der Waals surface area contributed by atoms with Gasteiger partial charge in [0, 0.05) is 0 Å². The molecule has 2 aromatic carbocycles. The Bertz CT molecular complexity index is 1080. The van der Waals surface area contributed by atoms with Crippen LogP contribution in [0.3, 0.4) is 0 Å². The Kier molecular flexibility index (Phi) is 8.19. The molecule has 9 heteroatoms. The van der Waals surface area contributed by atoms with Crippen LogP contribution in [0.15, 0.2) is 50.2 Å². The van der Waals surface area contributed by atoms with E-state index < -0.39 is 23.7 Å². The number of ether oxygens (including phenoxy) is 2. The first-order valence-electron chi connectivity index (χ1n) is 9.76. The second kappa shape index (κ2) is 10.7. The smallest absolute Gasteiger partial charge is 0.326 e. The second-order valence-corrected chi connectivity index (χ2v) is 10.1. The minimum absolute atomic E-state index is 0.236. The van der Waals surface area contributed by atoms with Gasteiger partial charge in [-0.3, -0.25) is 19.3 Å². The lowest BCUT2D eigenvalue weighted by Crippen LogP contribution is -2.35. The zero-order chi connectivity index (χ0) is 23.4. The van der Waals surface area contributed by atoms with Crippen molar-refractivity contribution in [3.05, 3.63) is 66.9 Å². The maximum absolute atomic E-state index is 12.6. The molecule has 0 N–H and O–H groups in total. The first-order valence-corrected chi connectivity index (χ1v) is 12.2. The van der Waals surface area contributed by atoms with Gasteiger partial charge in [-0.1, -0.05) is 29.8 Å². The molecular weight excluding hydrogens is 562 g/mol. The summed E-state index contributed by atoms with van der Waals surface area (Å²) in [6.45, 7) is 5.44. The molecular formula is C23H21Br2NO5S. The molecule has 0 radical (unpaired) electrons. The third-order valence-electron chi connectivity index (χ3n) is 4.31. The van der Waals surface area contributed by atoms with E-state index in [-0.39, 0.29) is 11.0 Å². The zero-order valence-electron chi connectivity index (χ0n) is 17.7. The summed E-state index contributed by atoms with van der Waals surface area (Å²) in [6.07, 6.45) is 1.29. The van der Waals surface area contributed by atoms with Crippen molar-refractivity contribution in [2.24, 2.45) is 0 Å². The fourth-order valence-corrected chi connectivity index (χ4v) is 5.26. The molecule has 3 rings (SSSR count). The van der Waals surface area contributed by atoms with Crippen LogP contribution in [0.25, 0.3) is 6.08 Å². The van der Waals surface area contributed by atoms with E-state index in [1.54, 1.807) is 32.1 Å². The molecule has 1 heterocycles. The van der Waals surface area contributed by atoms with Crippen LogP contribution in [-0.4, -0.2) is 34.7 Å². The lowest BCUT2D eigenvalue weighted by Gasteiger charge is -2.13. The Morgan fingerprint density at radius 2 is 1.84 bits per heavy atom. The quantitative estimate of drug-likeness (QED) is 0.291. The summed E-state index contributed by atoms with van der Waals surface area (Å²) in [5.41, 5.74) is 2.91. The third-order valence-corrected chi connectivity index (χ3v) is 6.40. The van der Waals surface area contributed by atoms with Crippen molar-refractivity contribution >= 4 is 66.8 Å². The molecule has 1 aliphatic rings. The molecule has 1 saturated heterocycles. The average Bonchev–Trinajstić information content (AvgIpc) is 2.94. The fraction of sp³-hybridized carbons (Fsp3) is 0.261. The second-order valence-electron chi connectivity index (χ2n) is 7.40. The number of aryl methyl sites for hydroxylation is 1. The number of amides is 2. The lowest BCUT2D eigenvalue weighted by molar-refractivity contribution is -0.149. The summed E-state index contributed by atoms with van der Waals surface area (Å²) in [5, 5.41) is -0.502. The number of thioether (sulfide) groups is 1. The van der Waals surface area contributed by atoms with Crippen LogP contribution in [0.2, 0.25) is 0 Å². The number of imide groups is 1. The van der Waals surface area contributed by atoms with Crippen molar-refractivity contribution < 1.29 is 23.9 Å². The van der Waals surface area contributed by atoms with E-state index in [1.165, 1.54) is 0 Å². The van der Waals surface area contributed by atoms with Gasteiger partial charge in [0.1, 0.15) is 18.9 Å². The number of carbonyl (C=O) groups is 3. The van der Waals surface area contributed by atoms with Crippen molar-refractivity contribution in [2.45, 2.75) is 33.5 Å². The first kappa shape index (κ1) is 24.5. The van der Waals surface area contributed by atoms with Gasteiger partial charge in [0.25, 0.3) is 11.1 Å². The minimum Gasteiger partial charge on any atom is -0.487 e.